The van der Waals surface area contributed by atoms with Gasteiger partial charge in [-0.15, -0.1) is 0 Å². The molecule has 3 atom stereocenters. The summed E-state index contributed by atoms with van der Waals surface area (Å²) < 4.78 is 0. The predicted octanol–water partition coefficient (Wildman–Crippen LogP) is 3.12. The van der Waals surface area contributed by atoms with E-state index in [4.69, 9.17) is 5.73 Å². The summed E-state index contributed by atoms with van der Waals surface area (Å²) in [7, 11) is 2.28. The number of hydrogen-bond donors (Lipinski definition) is 1. The fourth-order valence-corrected chi connectivity index (χ4v) is 3.65. The molecule has 2 heteroatoms. The lowest BCUT2D eigenvalue weighted by atomic mass is 9.95. The molecule has 19 heavy (non-hydrogen) atoms. The zero-order valence-electron chi connectivity index (χ0n) is 12.2. The minimum atomic E-state index is 0.171. The summed E-state index contributed by atoms with van der Waals surface area (Å²) in [6.45, 7) is 2.38. The Morgan fingerprint density at radius 2 is 1.95 bits per heavy atom. The molecule has 2 aliphatic carbocycles. The van der Waals surface area contributed by atoms with E-state index in [1.807, 2.05) is 0 Å². The van der Waals surface area contributed by atoms with Gasteiger partial charge in [0, 0.05) is 18.1 Å². The minimum absolute atomic E-state index is 0.171. The lowest BCUT2D eigenvalue weighted by molar-refractivity contribution is 0.138. The van der Waals surface area contributed by atoms with Gasteiger partial charge in [0.2, 0.25) is 0 Å². The second-order valence-corrected chi connectivity index (χ2v) is 6.43. The molecule has 1 aromatic carbocycles. The van der Waals surface area contributed by atoms with Crippen molar-refractivity contribution in [1.82, 2.24) is 4.90 Å². The van der Waals surface area contributed by atoms with Gasteiger partial charge in [-0.05, 0) is 63.1 Å². The van der Waals surface area contributed by atoms with Crippen LogP contribution in [0.2, 0.25) is 0 Å². The second kappa shape index (κ2) is 5.26. The highest BCUT2D eigenvalue weighted by Gasteiger charge is 2.36. The summed E-state index contributed by atoms with van der Waals surface area (Å²) in [5.74, 6) is 0.913. The molecule has 0 bridgehead atoms. The molecule has 3 unspecified atom stereocenters. The number of aryl methyl sites for hydroxylation is 1. The van der Waals surface area contributed by atoms with E-state index in [9.17, 15) is 0 Å². The van der Waals surface area contributed by atoms with E-state index in [2.05, 4.69) is 43.1 Å². The molecular weight excluding hydrogens is 232 g/mol. The van der Waals surface area contributed by atoms with Gasteiger partial charge in [-0.1, -0.05) is 24.3 Å². The third kappa shape index (κ3) is 2.56. The van der Waals surface area contributed by atoms with Crippen molar-refractivity contribution in [1.29, 1.82) is 0 Å². The van der Waals surface area contributed by atoms with Crippen LogP contribution in [0.25, 0.3) is 0 Å². The average Bonchev–Trinajstić information content (AvgIpc) is 3.26. The Balaban J connectivity index is 1.82. The normalized spacial score (nSPS) is 28.8. The third-order valence-corrected chi connectivity index (χ3v) is 5.24. The van der Waals surface area contributed by atoms with Gasteiger partial charge in [0.05, 0.1) is 0 Å². The molecule has 0 saturated heterocycles. The number of benzene rings is 1. The van der Waals surface area contributed by atoms with E-state index in [0.717, 1.165) is 5.92 Å². The fraction of sp³-hybridized carbons (Fsp3) is 0.647. The maximum atomic E-state index is 6.61. The summed E-state index contributed by atoms with van der Waals surface area (Å²) in [5.41, 5.74) is 9.45. The van der Waals surface area contributed by atoms with Crippen LogP contribution in [0.3, 0.4) is 0 Å². The van der Waals surface area contributed by atoms with E-state index < -0.39 is 0 Å². The van der Waals surface area contributed by atoms with Crippen LogP contribution in [0.5, 0.6) is 0 Å². The molecule has 0 aliphatic heterocycles. The first kappa shape index (κ1) is 13.1. The van der Waals surface area contributed by atoms with Crippen LogP contribution >= 0.6 is 0 Å². The molecule has 0 spiro atoms. The van der Waals surface area contributed by atoms with Crippen molar-refractivity contribution in [3.63, 3.8) is 0 Å². The quantitative estimate of drug-likeness (QED) is 0.844. The van der Waals surface area contributed by atoms with Crippen LogP contribution in [0, 0.1) is 5.92 Å². The van der Waals surface area contributed by atoms with Crippen LogP contribution in [-0.4, -0.2) is 24.0 Å². The fourth-order valence-electron chi connectivity index (χ4n) is 3.65. The Bertz CT molecular complexity index is 439. The van der Waals surface area contributed by atoms with Gasteiger partial charge in [-0.3, -0.25) is 4.90 Å². The maximum absolute atomic E-state index is 6.61. The van der Waals surface area contributed by atoms with Crippen LogP contribution in [0.4, 0.5) is 0 Å². The molecule has 1 aromatic rings. The standard InChI is InChI=1S/C17H26N2/c1-12(13-10-11-13)19(2)16-9-5-7-14-6-3-4-8-15(14)17(16)18/h3-4,6,8,12-13,16-17H,5,7,9-11,18H2,1-2H3. The Kier molecular flexibility index (Phi) is 3.64. The Morgan fingerprint density at radius 1 is 1.21 bits per heavy atom. The molecule has 1 fully saturated rings. The predicted molar refractivity (Wildman–Crippen MR) is 80.0 cm³/mol. The van der Waals surface area contributed by atoms with Crippen LogP contribution < -0.4 is 5.73 Å². The molecule has 2 aliphatic rings. The molecule has 1 saturated carbocycles. The first-order valence-electron chi connectivity index (χ1n) is 7.74. The molecule has 0 aromatic heterocycles. The van der Waals surface area contributed by atoms with E-state index in [-0.39, 0.29) is 6.04 Å². The highest BCUT2D eigenvalue weighted by Crippen LogP contribution is 2.38. The van der Waals surface area contributed by atoms with Crippen molar-refractivity contribution in [3.8, 4) is 0 Å². The SMILES string of the molecule is CC(C1CC1)N(C)C1CCCc2ccccc2C1N. The van der Waals surface area contributed by atoms with Crippen LogP contribution in [-0.2, 0) is 6.42 Å². The molecule has 2 nitrogen and oxygen atoms in total. The van der Waals surface area contributed by atoms with Gasteiger partial charge in [0.1, 0.15) is 0 Å². The lowest BCUT2D eigenvalue weighted by Gasteiger charge is -2.36. The number of nitrogens with zero attached hydrogens (tertiary/aromatic N) is 1. The Labute approximate surface area is 117 Å². The summed E-state index contributed by atoms with van der Waals surface area (Å²) in [6, 6.07) is 10.1. The zero-order chi connectivity index (χ0) is 13.4. The highest BCUT2D eigenvalue weighted by atomic mass is 15.2. The van der Waals surface area contributed by atoms with Crippen molar-refractivity contribution in [3.05, 3.63) is 35.4 Å². The van der Waals surface area contributed by atoms with E-state index in [1.165, 1.54) is 43.2 Å². The molecule has 0 radical (unpaired) electrons. The molecule has 0 heterocycles. The van der Waals surface area contributed by atoms with Crippen molar-refractivity contribution in [2.24, 2.45) is 11.7 Å². The highest BCUT2D eigenvalue weighted by molar-refractivity contribution is 5.32. The second-order valence-electron chi connectivity index (χ2n) is 6.43. The van der Waals surface area contributed by atoms with Gasteiger partial charge < -0.3 is 5.73 Å². The summed E-state index contributed by atoms with van der Waals surface area (Å²) >= 11 is 0. The largest absolute Gasteiger partial charge is 0.323 e. The van der Waals surface area contributed by atoms with Crippen molar-refractivity contribution in [2.75, 3.05) is 7.05 Å². The number of fused-ring (bicyclic) bond motifs is 1. The topological polar surface area (TPSA) is 29.3 Å². The number of rotatable bonds is 3. The Hall–Kier alpha value is -0.860. The van der Waals surface area contributed by atoms with Gasteiger partial charge in [-0.2, -0.15) is 0 Å². The first-order valence-corrected chi connectivity index (χ1v) is 7.74. The van der Waals surface area contributed by atoms with E-state index in [0.29, 0.717) is 12.1 Å². The molecular formula is C17H26N2. The molecule has 104 valence electrons. The molecule has 3 rings (SSSR count). The smallest absolute Gasteiger partial charge is 0.0455 e. The van der Waals surface area contributed by atoms with Crippen molar-refractivity contribution in [2.45, 2.75) is 57.2 Å². The summed E-state index contributed by atoms with van der Waals surface area (Å²) in [6.07, 6.45) is 6.49. The molecule has 0 amide bonds. The minimum Gasteiger partial charge on any atom is -0.323 e. The van der Waals surface area contributed by atoms with Gasteiger partial charge in [0.15, 0.2) is 0 Å². The van der Waals surface area contributed by atoms with Gasteiger partial charge >= 0.3 is 0 Å². The number of nitrogens with two attached hydrogens (primary N) is 1. The molecule has 2 N–H and O–H groups in total. The van der Waals surface area contributed by atoms with Crippen LogP contribution in [0.15, 0.2) is 24.3 Å². The maximum Gasteiger partial charge on any atom is 0.0455 e. The lowest BCUT2D eigenvalue weighted by Crippen LogP contribution is -2.45. The summed E-state index contributed by atoms with van der Waals surface area (Å²) in [4.78, 5) is 2.56. The number of hydrogen-bond acceptors (Lipinski definition) is 2. The zero-order valence-corrected chi connectivity index (χ0v) is 12.2. The number of likely N-dealkylation sites (N-methyl/N-ethyl adjacent to an activating group) is 1. The van der Waals surface area contributed by atoms with E-state index in [1.54, 1.807) is 0 Å². The van der Waals surface area contributed by atoms with Gasteiger partial charge in [-0.25, -0.2) is 0 Å². The third-order valence-electron chi connectivity index (χ3n) is 5.24. The summed E-state index contributed by atoms with van der Waals surface area (Å²) in [5, 5.41) is 0. The Morgan fingerprint density at radius 3 is 2.68 bits per heavy atom. The van der Waals surface area contributed by atoms with E-state index >= 15 is 0 Å². The van der Waals surface area contributed by atoms with Crippen molar-refractivity contribution < 1.29 is 0 Å². The van der Waals surface area contributed by atoms with Crippen molar-refractivity contribution >= 4 is 0 Å². The average molecular weight is 258 g/mol. The van der Waals surface area contributed by atoms with Crippen LogP contribution in [0.1, 0.15) is 49.8 Å². The first-order chi connectivity index (χ1) is 9.18. The monoisotopic (exact) mass is 258 g/mol. The van der Waals surface area contributed by atoms with Gasteiger partial charge in [0.25, 0.3) is 0 Å².